The van der Waals surface area contributed by atoms with Crippen molar-refractivity contribution in [3.8, 4) is 0 Å². The zero-order valence-corrected chi connectivity index (χ0v) is 11.2. The molecular formula is C14H13F3N2O2. The van der Waals surface area contributed by atoms with E-state index in [2.05, 4.69) is 4.98 Å². The molecule has 1 N–H and O–H groups in total. The van der Waals surface area contributed by atoms with E-state index < -0.39 is 18.0 Å². The summed E-state index contributed by atoms with van der Waals surface area (Å²) in [6.45, 7) is 1.72. The predicted molar refractivity (Wildman–Crippen MR) is 69.1 cm³/mol. The minimum atomic E-state index is -4.56. The number of rotatable bonds is 3. The third-order valence-electron chi connectivity index (χ3n) is 3.90. The van der Waals surface area contributed by atoms with Crippen LogP contribution in [0.2, 0.25) is 0 Å². The Bertz CT molecular complexity index is 717. The Hall–Kier alpha value is -2.05. The molecule has 21 heavy (non-hydrogen) atoms. The van der Waals surface area contributed by atoms with E-state index in [1.54, 1.807) is 6.92 Å². The number of carbonyl (C=O) groups is 1. The molecule has 1 fully saturated rings. The van der Waals surface area contributed by atoms with Crippen molar-refractivity contribution in [3.05, 3.63) is 29.6 Å². The van der Waals surface area contributed by atoms with Crippen LogP contribution < -0.4 is 0 Å². The number of halogens is 3. The first kappa shape index (κ1) is 13.9. The average Bonchev–Trinajstić information content (AvgIpc) is 3.16. The lowest BCUT2D eigenvalue weighted by Crippen LogP contribution is -2.18. The minimum absolute atomic E-state index is 0.0413. The summed E-state index contributed by atoms with van der Waals surface area (Å²) in [4.78, 5) is 14.7. The van der Waals surface area contributed by atoms with Crippen molar-refractivity contribution in [1.29, 1.82) is 0 Å². The van der Waals surface area contributed by atoms with Crippen molar-refractivity contribution in [2.45, 2.75) is 32.0 Å². The standard InChI is InChI=1S/C14H13F3N2O2/c1-7(8-2-3-8)19-11-6-9(12(20)21)4-5-10(11)18-13(19)14(15,16)17/h4-8H,2-3H2,1H3,(H,20,21). The summed E-state index contributed by atoms with van der Waals surface area (Å²) in [6, 6.07) is 3.50. The number of alkyl halides is 3. The van der Waals surface area contributed by atoms with Gasteiger partial charge in [-0.15, -0.1) is 0 Å². The van der Waals surface area contributed by atoms with Gasteiger partial charge < -0.3 is 9.67 Å². The van der Waals surface area contributed by atoms with E-state index in [1.165, 1.54) is 18.2 Å². The number of aromatic carboxylic acids is 1. The van der Waals surface area contributed by atoms with E-state index in [9.17, 15) is 18.0 Å². The van der Waals surface area contributed by atoms with Crippen LogP contribution in [0.4, 0.5) is 13.2 Å². The number of nitrogens with zero attached hydrogens (tertiary/aromatic N) is 2. The molecule has 1 aromatic carbocycles. The molecule has 1 saturated carbocycles. The SMILES string of the molecule is CC(C1CC1)n1c(C(F)(F)F)nc2ccc(C(=O)O)cc21. The smallest absolute Gasteiger partial charge is 0.449 e. The Morgan fingerprint density at radius 1 is 1.43 bits per heavy atom. The first-order chi connectivity index (χ1) is 9.79. The van der Waals surface area contributed by atoms with Crippen molar-refractivity contribution in [1.82, 2.24) is 9.55 Å². The molecule has 0 amide bonds. The topological polar surface area (TPSA) is 55.1 Å². The van der Waals surface area contributed by atoms with Crippen molar-refractivity contribution < 1.29 is 23.1 Å². The van der Waals surface area contributed by atoms with Crippen LogP contribution in [0.5, 0.6) is 0 Å². The van der Waals surface area contributed by atoms with Crippen molar-refractivity contribution >= 4 is 17.0 Å². The monoisotopic (exact) mass is 298 g/mol. The molecule has 2 aromatic rings. The van der Waals surface area contributed by atoms with Gasteiger partial charge >= 0.3 is 12.1 Å². The second kappa shape index (κ2) is 4.47. The molecule has 0 spiro atoms. The second-order valence-corrected chi connectivity index (χ2v) is 5.39. The number of hydrogen-bond acceptors (Lipinski definition) is 2. The molecule has 3 rings (SSSR count). The lowest BCUT2D eigenvalue weighted by atomic mass is 10.1. The van der Waals surface area contributed by atoms with E-state index in [-0.39, 0.29) is 28.6 Å². The number of carboxylic acid groups (broad SMARTS) is 1. The molecule has 0 bridgehead atoms. The number of fused-ring (bicyclic) bond motifs is 1. The van der Waals surface area contributed by atoms with Crippen molar-refractivity contribution in [3.63, 3.8) is 0 Å². The largest absolute Gasteiger partial charge is 0.478 e. The van der Waals surface area contributed by atoms with Gasteiger partial charge in [0.2, 0.25) is 5.82 Å². The van der Waals surface area contributed by atoms with Gasteiger partial charge in [-0.1, -0.05) is 0 Å². The maximum Gasteiger partial charge on any atom is 0.449 e. The van der Waals surface area contributed by atoms with Gasteiger partial charge in [0, 0.05) is 6.04 Å². The normalized spacial score (nSPS) is 17.1. The fraction of sp³-hybridized carbons (Fsp3) is 0.429. The van der Waals surface area contributed by atoms with Crippen LogP contribution in [0.1, 0.15) is 42.0 Å². The third kappa shape index (κ3) is 2.36. The Balaban J connectivity index is 2.26. The Labute approximate surface area is 118 Å². The summed E-state index contributed by atoms with van der Waals surface area (Å²) in [5.74, 6) is -1.94. The lowest BCUT2D eigenvalue weighted by molar-refractivity contribution is -0.147. The number of carboxylic acids is 1. The van der Waals surface area contributed by atoms with Crippen LogP contribution in [-0.2, 0) is 6.18 Å². The van der Waals surface area contributed by atoms with Crippen LogP contribution in [-0.4, -0.2) is 20.6 Å². The maximum atomic E-state index is 13.2. The minimum Gasteiger partial charge on any atom is -0.478 e. The molecular weight excluding hydrogens is 285 g/mol. The van der Waals surface area contributed by atoms with E-state index in [0.29, 0.717) is 0 Å². The van der Waals surface area contributed by atoms with Crippen LogP contribution in [0.3, 0.4) is 0 Å². The highest BCUT2D eigenvalue weighted by Crippen LogP contribution is 2.43. The fourth-order valence-electron chi connectivity index (χ4n) is 2.63. The number of aromatic nitrogens is 2. The molecule has 1 unspecified atom stereocenters. The lowest BCUT2D eigenvalue weighted by Gasteiger charge is -2.18. The number of imidazole rings is 1. The maximum absolute atomic E-state index is 13.2. The quantitative estimate of drug-likeness (QED) is 0.939. The van der Waals surface area contributed by atoms with Crippen LogP contribution in [0.15, 0.2) is 18.2 Å². The molecule has 7 heteroatoms. The summed E-state index contributed by atoms with van der Waals surface area (Å²) in [5.41, 5.74) is 0.349. The molecule has 1 heterocycles. The van der Waals surface area contributed by atoms with E-state index in [0.717, 1.165) is 17.4 Å². The van der Waals surface area contributed by atoms with Gasteiger partial charge in [-0.25, -0.2) is 9.78 Å². The highest BCUT2D eigenvalue weighted by atomic mass is 19.4. The predicted octanol–water partition coefficient (Wildman–Crippen LogP) is 3.72. The molecule has 1 atom stereocenters. The third-order valence-corrected chi connectivity index (χ3v) is 3.90. The number of benzene rings is 1. The average molecular weight is 298 g/mol. The van der Waals surface area contributed by atoms with Crippen LogP contribution in [0, 0.1) is 5.92 Å². The van der Waals surface area contributed by atoms with E-state index in [4.69, 9.17) is 5.11 Å². The molecule has 1 aliphatic rings. The van der Waals surface area contributed by atoms with Gasteiger partial charge in [-0.05, 0) is 43.9 Å². The first-order valence-corrected chi connectivity index (χ1v) is 6.61. The zero-order valence-electron chi connectivity index (χ0n) is 11.2. The highest BCUT2D eigenvalue weighted by Gasteiger charge is 2.41. The summed E-state index contributed by atoms with van der Waals surface area (Å²) in [7, 11) is 0. The molecule has 4 nitrogen and oxygen atoms in total. The van der Waals surface area contributed by atoms with E-state index >= 15 is 0 Å². The van der Waals surface area contributed by atoms with E-state index in [1.807, 2.05) is 0 Å². The number of hydrogen-bond donors (Lipinski definition) is 1. The van der Waals surface area contributed by atoms with Gasteiger partial charge in [0.25, 0.3) is 0 Å². The summed E-state index contributed by atoms with van der Waals surface area (Å²) >= 11 is 0. The van der Waals surface area contributed by atoms with Gasteiger partial charge in [0.1, 0.15) is 0 Å². The second-order valence-electron chi connectivity index (χ2n) is 5.39. The van der Waals surface area contributed by atoms with Gasteiger partial charge in [-0.3, -0.25) is 0 Å². The molecule has 0 aliphatic heterocycles. The molecule has 0 saturated heterocycles. The Kier molecular flexibility index (Phi) is 2.96. The zero-order chi connectivity index (χ0) is 15.4. The Morgan fingerprint density at radius 3 is 2.62 bits per heavy atom. The summed E-state index contributed by atoms with van der Waals surface area (Å²) < 4.78 is 40.7. The van der Waals surface area contributed by atoms with Crippen LogP contribution in [0.25, 0.3) is 11.0 Å². The van der Waals surface area contributed by atoms with Gasteiger partial charge in [0.05, 0.1) is 16.6 Å². The van der Waals surface area contributed by atoms with Gasteiger partial charge in [0.15, 0.2) is 0 Å². The van der Waals surface area contributed by atoms with Crippen LogP contribution >= 0.6 is 0 Å². The highest BCUT2D eigenvalue weighted by molar-refractivity contribution is 5.92. The molecule has 112 valence electrons. The first-order valence-electron chi connectivity index (χ1n) is 6.61. The molecule has 0 radical (unpaired) electrons. The summed E-state index contributed by atoms with van der Waals surface area (Å²) in [6.07, 6.45) is -2.79. The fourth-order valence-corrected chi connectivity index (χ4v) is 2.63. The van der Waals surface area contributed by atoms with Crippen molar-refractivity contribution in [2.75, 3.05) is 0 Å². The summed E-state index contributed by atoms with van der Waals surface area (Å²) in [5, 5.41) is 9.01. The van der Waals surface area contributed by atoms with Crippen molar-refractivity contribution in [2.24, 2.45) is 5.92 Å². The molecule has 1 aliphatic carbocycles. The Morgan fingerprint density at radius 2 is 2.10 bits per heavy atom. The molecule has 1 aromatic heterocycles. The van der Waals surface area contributed by atoms with Gasteiger partial charge in [-0.2, -0.15) is 13.2 Å².